The Morgan fingerprint density at radius 1 is 1.33 bits per heavy atom. The Hall–Kier alpha value is -1.00. The minimum absolute atomic E-state index is 0.252. The first-order valence-corrected chi connectivity index (χ1v) is 7.56. The largest absolute Gasteiger partial charge is 0.342 e. The van der Waals surface area contributed by atoms with Crippen molar-refractivity contribution in [3.8, 4) is 0 Å². The highest BCUT2D eigenvalue weighted by Crippen LogP contribution is 2.37. The molecule has 2 heterocycles. The molecule has 1 N–H and O–H groups in total. The minimum Gasteiger partial charge on any atom is -0.342 e. The fraction of sp³-hybridized carbons (Fsp3) is 0.500. The number of carbonyl (C=O) groups excluding carboxylic acids is 1. The maximum atomic E-state index is 12.0. The molecular formula is C14H18N2OS. The van der Waals surface area contributed by atoms with E-state index in [1.165, 1.54) is 10.5 Å². The number of rotatable bonds is 3. The van der Waals surface area contributed by atoms with Crippen molar-refractivity contribution in [1.29, 1.82) is 0 Å². The van der Waals surface area contributed by atoms with Gasteiger partial charge in [0.05, 0.1) is 6.54 Å². The molecule has 1 saturated heterocycles. The van der Waals surface area contributed by atoms with E-state index in [4.69, 9.17) is 0 Å². The summed E-state index contributed by atoms with van der Waals surface area (Å²) in [5, 5.41) is 3.40. The van der Waals surface area contributed by atoms with Crippen LogP contribution < -0.4 is 5.32 Å². The maximum absolute atomic E-state index is 12.0. The van der Waals surface area contributed by atoms with E-state index in [2.05, 4.69) is 29.6 Å². The van der Waals surface area contributed by atoms with Crippen LogP contribution in [0.25, 0.3) is 0 Å². The van der Waals surface area contributed by atoms with Gasteiger partial charge in [-0.3, -0.25) is 4.79 Å². The van der Waals surface area contributed by atoms with Gasteiger partial charge in [-0.15, -0.1) is 11.8 Å². The molecule has 0 spiro atoms. The molecule has 96 valence electrons. The first kappa shape index (κ1) is 12.1. The van der Waals surface area contributed by atoms with Gasteiger partial charge in [0.15, 0.2) is 0 Å². The summed E-state index contributed by atoms with van der Waals surface area (Å²) in [4.78, 5) is 15.3. The predicted octanol–water partition coefficient (Wildman–Crippen LogP) is 2.05. The van der Waals surface area contributed by atoms with Gasteiger partial charge in [-0.2, -0.15) is 0 Å². The Morgan fingerprint density at radius 3 is 2.94 bits per heavy atom. The lowest BCUT2D eigenvalue weighted by Crippen LogP contribution is -2.37. The van der Waals surface area contributed by atoms with E-state index in [1.54, 1.807) is 0 Å². The van der Waals surface area contributed by atoms with Crippen molar-refractivity contribution in [3.63, 3.8) is 0 Å². The first-order valence-electron chi connectivity index (χ1n) is 6.57. The van der Waals surface area contributed by atoms with Gasteiger partial charge >= 0.3 is 0 Å². The normalized spacial score (nSPS) is 22.2. The number of carbonyl (C=O) groups is 1. The highest BCUT2D eigenvalue weighted by atomic mass is 32.2. The fourth-order valence-electron chi connectivity index (χ4n) is 2.62. The molecule has 18 heavy (non-hydrogen) atoms. The molecular weight excluding hydrogens is 244 g/mol. The third kappa shape index (κ3) is 2.40. The SMILES string of the molecule is O=C(CNC1CSc2ccccc21)N1CCCC1. The average Bonchev–Trinajstić information content (AvgIpc) is 3.06. The monoisotopic (exact) mass is 262 g/mol. The number of benzene rings is 1. The van der Waals surface area contributed by atoms with Gasteiger partial charge in [0, 0.05) is 29.8 Å². The molecule has 0 bridgehead atoms. The van der Waals surface area contributed by atoms with Crippen LogP contribution in [0.3, 0.4) is 0 Å². The molecule has 1 aromatic rings. The van der Waals surface area contributed by atoms with E-state index in [9.17, 15) is 4.79 Å². The van der Waals surface area contributed by atoms with Gasteiger partial charge < -0.3 is 10.2 Å². The zero-order chi connectivity index (χ0) is 12.4. The van der Waals surface area contributed by atoms with Crippen molar-refractivity contribution in [1.82, 2.24) is 10.2 Å². The van der Waals surface area contributed by atoms with Crippen LogP contribution in [0.2, 0.25) is 0 Å². The van der Waals surface area contributed by atoms with Gasteiger partial charge in [0.1, 0.15) is 0 Å². The van der Waals surface area contributed by atoms with Gasteiger partial charge in [0.25, 0.3) is 0 Å². The highest BCUT2D eigenvalue weighted by molar-refractivity contribution is 7.99. The molecule has 1 amide bonds. The number of hydrogen-bond donors (Lipinski definition) is 1. The second-order valence-electron chi connectivity index (χ2n) is 4.87. The molecule has 2 aliphatic rings. The minimum atomic E-state index is 0.252. The lowest BCUT2D eigenvalue weighted by molar-refractivity contribution is -0.129. The van der Waals surface area contributed by atoms with Crippen molar-refractivity contribution in [2.24, 2.45) is 0 Å². The number of nitrogens with one attached hydrogen (secondary N) is 1. The number of nitrogens with zero attached hydrogens (tertiary/aromatic N) is 1. The van der Waals surface area contributed by atoms with Crippen molar-refractivity contribution in [2.75, 3.05) is 25.4 Å². The lowest BCUT2D eigenvalue weighted by atomic mass is 10.1. The van der Waals surface area contributed by atoms with Crippen molar-refractivity contribution in [3.05, 3.63) is 29.8 Å². The van der Waals surface area contributed by atoms with Crippen molar-refractivity contribution >= 4 is 17.7 Å². The molecule has 0 aliphatic carbocycles. The van der Waals surface area contributed by atoms with Crippen molar-refractivity contribution < 1.29 is 4.79 Å². The van der Waals surface area contributed by atoms with Crippen LogP contribution in [0.4, 0.5) is 0 Å². The van der Waals surface area contributed by atoms with Crippen LogP contribution >= 0.6 is 11.8 Å². The quantitative estimate of drug-likeness (QED) is 0.905. The van der Waals surface area contributed by atoms with E-state index < -0.39 is 0 Å². The second-order valence-corrected chi connectivity index (χ2v) is 5.93. The zero-order valence-electron chi connectivity index (χ0n) is 10.4. The molecule has 0 aromatic heterocycles. The maximum Gasteiger partial charge on any atom is 0.236 e. The average molecular weight is 262 g/mol. The molecule has 1 fully saturated rings. The molecule has 0 saturated carbocycles. The molecule has 3 rings (SSSR count). The van der Waals surface area contributed by atoms with Crippen LogP contribution in [0.15, 0.2) is 29.2 Å². The zero-order valence-corrected chi connectivity index (χ0v) is 11.2. The topological polar surface area (TPSA) is 32.3 Å². The summed E-state index contributed by atoms with van der Waals surface area (Å²) in [6.07, 6.45) is 2.32. The van der Waals surface area contributed by atoms with Crippen LogP contribution in [-0.2, 0) is 4.79 Å². The van der Waals surface area contributed by atoms with Crippen LogP contribution in [-0.4, -0.2) is 36.2 Å². The van der Waals surface area contributed by atoms with E-state index in [0.717, 1.165) is 31.7 Å². The van der Waals surface area contributed by atoms with Crippen molar-refractivity contribution in [2.45, 2.75) is 23.8 Å². The van der Waals surface area contributed by atoms with Crippen LogP contribution in [0, 0.1) is 0 Å². The summed E-state index contributed by atoms with van der Waals surface area (Å²) in [5.74, 6) is 1.29. The molecule has 1 aromatic carbocycles. The first-order chi connectivity index (χ1) is 8.84. The van der Waals surface area contributed by atoms with Crippen LogP contribution in [0.1, 0.15) is 24.4 Å². The lowest BCUT2D eigenvalue weighted by Gasteiger charge is -2.18. The summed E-state index contributed by atoms with van der Waals surface area (Å²) in [7, 11) is 0. The van der Waals surface area contributed by atoms with E-state index in [1.807, 2.05) is 16.7 Å². The van der Waals surface area contributed by atoms with Gasteiger partial charge in [-0.05, 0) is 24.5 Å². The fourth-order valence-corrected chi connectivity index (χ4v) is 3.82. The summed E-state index contributed by atoms with van der Waals surface area (Å²) in [6, 6.07) is 8.79. The molecule has 3 nitrogen and oxygen atoms in total. The second kappa shape index (κ2) is 5.33. The summed E-state index contributed by atoms with van der Waals surface area (Å²) >= 11 is 1.87. The number of fused-ring (bicyclic) bond motifs is 1. The third-order valence-electron chi connectivity index (χ3n) is 3.66. The van der Waals surface area contributed by atoms with Gasteiger partial charge in [0.2, 0.25) is 5.91 Å². The molecule has 1 unspecified atom stereocenters. The standard InChI is InChI=1S/C14H18N2OS/c17-14(16-7-3-4-8-16)9-15-12-10-18-13-6-2-1-5-11(12)13/h1-2,5-6,12,15H,3-4,7-10H2. The Balaban J connectivity index is 1.57. The molecule has 4 heteroatoms. The number of likely N-dealkylation sites (tertiary alicyclic amines) is 1. The Kier molecular flexibility index (Phi) is 3.57. The Morgan fingerprint density at radius 2 is 2.11 bits per heavy atom. The number of hydrogen-bond acceptors (Lipinski definition) is 3. The van der Waals surface area contributed by atoms with E-state index in [0.29, 0.717) is 12.6 Å². The number of thioether (sulfide) groups is 1. The number of amides is 1. The molecule has 0 radical (unpaired) electrons. The predicted molar refractivity (Wildman–Crippen MR) is 73.7 cm³/mol. The van der Waals surface area contributed by atoms with Gasteiger partial charge in [-0.25, -0.2) is 0 Å². The molecule has 2 aliphatic heterocycles. The third-order valence-corrected chi connectivity index (χ3v) is 4.84. The summed E-state index contributed by atoms with van der Waals surface area (Å²) in [6.45, 7) is 2.35. The summed E-state index contributed by atoms with van der Waals surface area (Å²) < 4.78 is 0. The van der Waals surface area contributed by atoms with E-state index in [-0.39, 0.29) is 5.91 Å². The van der Waals surface area contributed by atoms with Crippen LogP contribution in [0.5, 0.6) is 0 Å². The van der Waals surface area contributed by atoms with E-state index >= 15 is 0 Å². The smallest absolute Gasteiger partial charge is 0.236 e. The summed E-state index contributed by atoms with van der Waals surface area (Å²) in [5.41, 5.74) is 1.34. The Bertz CT molecular complexity index is 443. The molecule has 1 atom stereocenters. The van der Waals surface area contributed by atoms with Gasteiger partial charge in [-0.1, -0.05) is 18.2 Å². The Labute approximate surface area is 112 Å². The highest BCUT2D eigenvalue weighted by Gasteiger charge is 2.24.